The van der Waals surface area contributed by atoms with Crippen LogP contribution in [0.4, 0.5) is 0 Å². The lowest BCUT2D eigenvalue weighted by Gasteiger charge is -2.35. The van der Waals surface area contributed by atoms with E-state index < -0.39 is 0 Å². The first-order chi connectivity index (χ1) is 11.3. The number of carbonyl (C=O) groups excluding carboxylic acids is 1. The summed E-state index contributed by atoms with van der Waals surface area (Å²) in [6.45, 7) is 2.37. The number of hydrogen-bond donors (Lipinski definition) is 1. The van der Waals surface area contributed by atoms with E-state index in [2.05, 4.69) is 21.3 Å². The van der Waals surface area contributed by atoms with Crippen molar-refractivity contribution in [2.45, 2.75) is 57.4 Å². The Morgan fingerprint density at radius 2 is 1.96 bits per heavy atom. The van der Waals surface area contributed by atoms with Gasteiger partial charge in [0.15, 0.2) is 0 Å². The zero-order valence-corrected chi connectivity index (χ0v) is 14.0. The van der Waals surface area contributed by atoms with Crippen molar-refractivity contribution in [1.82, 2.24) is 15.2 Å². The predicted octanol–water partition coefficient (Wildman–Crippen LogP) is 3.31. The Hall–Kier alpha value is -1.42. The van der Waals surface area contributed by atoms with Crippen molar-refractivity contribution >= 4 is 5.91 Å². The molecule has 0 spiro atoms. The zero-order chi connectivity index (χ0) is 15.9. The van der Waals surface area contributed by atoms with E-state index in [-0.39, 0.29) is 5.91 Å². The molecular formula is C19H29N3O. The first kappa shape index (κ1) is 16.4. The molecule has 1 N–H and O–H groups in total. The topological polar surface area (TPSA) is 45.2 Å². The van der Waals surface area contributed by atoms with Crippen molar-refractivity contribution in [2.75, 3.05) is 19.6 Å². The van der Waals surface area contributed by atoms with Crippen LogP contribution in [-0.2, 0) is 4.79 Å². The molecule has 1 aromatic rings. The minimum Gasteiger partial charge on any atom is -0.355 e. The highest BCUT2D eigenvalue weighted by atomic mass is 16.2. The molecule has 1 aliphatic heterocycles. The van der Waals surface area contributed by atoms with Gasteiger partial charge >= 0.3 is 0 Å². The number of rotatable bonds is 5. The summed E-state index contributed by atoms with van der Waals surface area (Å²) in [6.07, 6.45) is 11.9. The number of amides is 1. The summed E-state index contributed by atoms with van der Waals surface area (Å²) >= 11 is 0. The Balaban J connectivity index is 1.51. The molecule has 1 aromatic heterocycles. The molecule has 23 heavy (non-hydrogen) atoms. The molecule has 0 unspecified atom stereocenters. The van der Waals surface area contributed by atoms with Gasteiger partial charge in [0.2, 0.25) is 5.91 Å². The molecule has 0 radical (unpaired) electrons. The second-order valence-corrected chi connectivity index (χ2v) is 7.04. The van der Waals surface area contributed by atoms with Gasteiger partial charge < -0.3 is 5.32 Å². The normalized spacial score (nSPS) is 23.6. The summed E-state index contributed by atoms with van der Waals surface area (Å²) in [4.78, 5) is 19.2. The van der Waals surface area contributed by atoms with Gasteiger partial charge in [-0.15, -0.1) is 0 Å². The highest BCUT2D eigenvalue weighted by Crippen LogP contribution is 2.29. The van der Waals surface area contributed by atoms with Crippen molar-refractivity contribution in [3.05, 3.63) is 30.1 Å². The quantitative estimate of drug-likeness (QED) is 0.907. The molecule has 1 aliphatic carbocycles. The molecule has 0 aromatic carbocycles. The van der Waals surface area contributed by atoms with Gasteiger partial charge in [-0.25, -0.2) is 0 Å². The van der Waals surface area contributed by atoms with E-state index in [4.69, 9.17) is 0 Å². The van der Waals surface area contributed by atoms with E-state index in [1.807, 2.05) is 18.3 Å². The number of nitrogens with one attached hydrogen (secondary N) is 1. The Bertz CT molecular complexity index is 485. The van der Waals surface area contributed by atoms with Crippen LogP contribution < -0.4 is 5.32 Å². The molecule has 2 fully saturated rings. The minimum absolute atomic E-state index is 0.179. The van der Waals surface area contributed by atoms with E-state index in [1.165, 1.54) is 44.9 Å². The van der Waals surface area contributed by atoms with E-state index >= 15 is 0 Å². The number of carbonyl (C=O) groups is 1. The fourth-order valence-electron chi connectivity index (χ4n) is 3.98. The van der Waals surface area contributed by atoms with Crippen LogP contribution in [0.2, 0.25) is 0 Å². The van der Waals surface area contributed by atoms with Gasteiger partial charge in [0, 0.05) is 12.7 Å². The van der Waals surface area contributed by atoms with Crippen LogP contribution >= 0.6 is 0 Å². The van der Waals surface area contributed by atoms with Crippen molar-refractivity contribution in [1.29, 1.82) is 0 Å². The highest BCUT2D eigenvalue weighted by Gasteiger charge is 2.26. The largest absolute Gasteiger partial charge is 0.355 e. The van der Waals surface area contributed by atoms with Crippen molar-refractivity contribution in [2.24, 2.45) is 5.92 Å². The predicted molar refractivity (Wildman–Crippen MR) is 92.0 cm³/mol. The third-order valence-corrected chi connectivity index (χ3v) is 5.30. The fourth-order valence-corrected chi connectivity index (χ4v) is 3.98. The van der Waals surface area contributed by atoms with Gasteiger partial charge in [-0.05, 0) is 50.3 Å². The third kappa shape index (κ3) is 4.77. The average Bonchev–Trinajstić information content (AvgIpc) is 2.62. The fraction of sp³-hybridized carbons (Fsp3) is 0.684. The molecule has 126 valence electrons. The van der Waals surface area contributed by atoms with Gasteiger partial charge in [-0.1, -0.05) is 31.7 Å². The summed E-state index contributed by atoms with van der Waals surface area (Å²) in [7, 11) is 0. The lowest BCUT2D eigenvalue weighted by Crippen LogP contribution is -2.43. The molecule has 1 atom stereocenters. The van der Waals surface area contributed by atoms with Gasteiger partial charge in [0.25, 0.3) is 0 Å². The maximum atomic E-state index is 12.4. The van der Waals surface area contributed by atoms with Gasteiger partial charge in [-0.2, -0.15) is 0 Å². The van der Waals surface area contributed by atoms with Crippen LogP contribution in [-0.4, -0.2) is 35.4 Å². The van der Waals surface area contributed by atoms with E-state index in [9.17, 15) is 4.79 Å². The lowest BCUT2D eigenvalue weighted by molar-refractivity contribution is -0.123. The maximum absolute atomic E-state index is 12.4. The number of likely N-dealkylation sites (tertiary alicyclic amines) is 1. The van der Waals surface area contributed by atoms with E-state index in [0.717, 1.165) is 25.2 Å². The zero-order valence-electron chi connectivity index (χ0n) is 14.0. The average molecular weight is 315 g/mol. The summed E-state index contributed by atoms with van der Waals surface area (Å²) in [5.74, 6) is 0.874. The molecule has 3 rings (SSSR count). The second-order valence-electron chi connectivity index (χ2n) is 7.04. The Kier molecular flexibility index (Phi) is 6.03. The maximum Gasteiger partial charge on any atom is 0.234 e. The molecule has 1 amide bonds. The Morgan fingerprint density at radius 1 is 1.13 bits per heavy atom. The molecule has 2 aliphatic rings. The van der Waals surface area contributed by atoms with E-state index in [1.54, 1.807) is 0 Å². The van der Waals surface area contributed by atoms with Gasteiger partial charge in [-0.3, -0.25) is 14.7 Å². The van der Waals surface area contributed by atoms with Crippen molar-refractivity contribution in [3.63, 3.8) is 0 Å². The third-order valence-electron chi connectivity index (χ3n) is 5.30. The molecule has 1 saturated carbocycles. The Morgan fingerprint density at radius 3 is 2.74 bits per heavy atom. The number of pyridine rings is 1. The minimum atomic E-state index is 0.179. The molecular weight excluding hydrogens is 286 g/mol. The molecule has 4 heteroatoms. The number of aromatic nitrogens is 1. The summed E-state index contributed by atoms with van der Waals surface area (Å²) in [5, 5.41) is 3.17. The summed E-state index contributed by atoms with van der Waals surface area (Å²) in [5.41, 5.74) is 1.10. The number of piperidine rings is 1. The summed E-state index contributed by atoms with van der Waals surface area (Å²) in [6, 6.07) is 6.37. The Labute approximate surface area is 139 Å². The lowest BCUT2D eigenvalue weighted by atomic mass is 9.89. The first-order valence-electron chi connectivity index (χ1n) is 9.24. The van der Waals surface area contributed by atoms with Crippen LogP contribution in [0, 0.1) is 5.92 Å². The van der Waals surface area contributed by atoms with Crippen molar-refractivity contribution < 1.29 is 4.79 Å². The highest BCUT2D eigenvalue weighted by molar-refractivity contribution is 5.78. The van der Waals surface area contributed by atoms with Gasteiger partial charge in [0.05, 0.1) is 18.3 Å². The first-order valence-corrected chi connectivity index (χ1v) is 9.24. The van der Waals surface area contributed by atoms with Crippen LogP contribution in [0.3, 0.4) is 0 Å². The molecule has 1 saturated heterocycles. The molecule has 4 nitrogen and oxygen atoms in total. The smallest absolute Gasteiger partial charge is 0.234 e. The number of hydrogen-bond acceptors (Lipinski definition) is 3. The van der Waals surface area contributed by atoms with Crippen LogP contribution in [0.25, 0.3) is 0 Å². The van der Waals surface area contributed by atoms with Gasteiger partial charge in [0.1, 0.15) is 0 Å². The van der Waals surface area contributed by atoms with Crippen LogP contribution in [0.5, 0.6) is 0 Å². The SMILES string of the molecule is O=C(CN1CCCC[C@H]1c1ccccn1)NCC1CCCCC1. The van der Waals surface area contributed by atoms with E-state index in [0.29, 0.717) is 18.5 Å². The van der Waals surface area contributed by atoms with Crippen LogP contribution in [0.15, 0.2) is 24.4 Å². The standard InChI is InChI=1S/C19H29N3O/c23-19(21-14-16-8-2-1-3-9-16)15-22-13-7-5-11-18(22)17-10-4-6-12-20-17/h4,6,10,12,16,18H,1-3,5,7-9,11,13-15H2,(H,21,23)/t18-/m0/s1. The molecule has 2 heterocycles. The van der Waals surface area contributed by atoms with Crippen molar-refractivity contribution in [3.8, 4) is 0 Å². The van der Waals surface area contributed by atoms with Crippen LogP contribution in [0.1, 0.15) is 63.1 Å². The molecule has 0 bridgehead atoms. The second kappa shape index (κ2) is 8.44. The number of nitrogens with zero attached hydrogens (tertiary/aromatic N) is 2. The monoisotopic (exact) mass is 315 g/mol. The summed E-state index contributed by atoms with van der Waals surface area (Å²) < 4.78 is 0.